The highest BCUT2D eigenvalue weighted by atomic mass is 16.5. The number of nitriles is 1. The third-order valence-corrected chi connectivity index (χ3v) is 5.94. The molecule has 0 atom stereocenters. The predicted octanol–water partition coefficient (Wildman–Crippen LogP) is 4.26. The summed E-state index contributed by atoms with van der Waals surface area (Å²) in [5.41, 5.74) is 1.34. The summed E-state index contributed by atoms with van der Waals surface area (Å²) in [5.74, 6) is 2.21. The zero-order chi connectivity index (χ0) is 23.2. The van der Waals surface area contributed by atoms with E-state index in [0.29, 0.717) is 50.7 Å². The summed E-state index contributed by atoms with van der Waals surface area (Å²) in [4.78, 5) is 20.9. The van der Waals surface area contributed by atoms with Crippen molar-refractivity contribution in [2.75, 3.05) is 38.2 Å². The van der Waals surface area contributed by atoms with Crippen molar-refractivity contribution in [2.24, 2.45) is 5.92 Å². The molecule has 172 valence electrons. The Balaban J connectivity index is 1.26. The molecule has 33 heavy (non-hydrogen) atoms. The van der Waals surface area contributed by atoms with Crippen molar-refractivity contribution >= 4 is 11.8 Å². The van der Waals surface area contributed by atoms with Gasteiger partial charge in [-0.15, -0.1) is 0 Å². The van der Waals surface area contributed by atoms with Gasteiger partial charge >= 0.3 is 0 Å². The van der Waals surface area contributed by atoms with Gasteiger partial charge in [0.2, 0.25) is 17.5 Å². The number of ether oxygens (including phenoxy) is 1. The number of anilines is 1. The molecule has 0 unspecified atom stereocenters. The third kappa shape index (κ3) is 5.20. The van der Waals surface area contributed by atoms with Crippen LogP contribution in [-0.2, 0) is 4.79 Å². The molecule has 8 nitrogen and oxygen atoms in total. The van der Waals surface area contributed by atoms with E-state index < -0.39 is 0 Å². The number of hydrogen-bond acceptors (Lipinski definition) is 7. The number of hydrogen-bond donors (Lipinski definition) is 0. The molecule has 1 fully saturated rings. The lowest BCUT2D eigenvalue weighted by molar-refractivity contribution is -0.134. The minimum absolute atomic E-state index is 0.0402. The number of carbonyl (C=O) groups excluding carboxylic acids is 1. The highest BCUT2D eigenvalue weighted by molar-refractivity contribution is 5.79. The first-order valence-electron chi connectivity index (χ1n) is 11.2. The zero-order valence-electron chi connectivity index (χ0n) is 19.0. The average molecular weight is 449 g/mol. The van der Waals surface area contributed by atoms with Gasteiger partial charge in [0, 0.05) is 32.6 Å². The van der Waals surface area contributed by atoms with Gasteiger partial charge in [-0.05, 0) is 49.9 Å². The number of oxazole rings is 1. The molecular weight excluding hydrogens is 420 g/mol. The Morgan fingerprint density at radius 2 is 2.06 bits per heavy atom. The standard InChI is InChI=1S/C25H28N4O4/c1-18-7-3-4-8-21(18)31-16-6-12-28(2)24(30)19-10-13-29(14-11-19)25-20(17-26)27-23(33-25)22-9-5-15-32-22/h3-5,7-9,15,19H,6,10-14,16H2,1-2H3. The summed E-state index contributed by atoms with van der Waals surface area (Å²) in [7, 11) is 1.85. The van der Waals surface area contributed by atoms with Gasteiger partial charge in [-0.3, -0.25) is 4.79 Å². The van der Waals surface area contributed by atoms with Gasteiger partial charge in [-0.1, -0.05) is 18.2 Å². The number of furan rings is 1. The number of aryl methyl sites for hydroxylation is 1. The first kappa shape index (κ1) is 22.5. The van der Waals surface area contributed by atoms with Crippen molar-refractivity contribution in [1.82, 2.24) is 9.88 Å². The lowest BCUT2D eigenvalue weighted by atomic mass is 9.95. The fourth-order valence-corrected chi connectivity index (χ4v) is 4.06. The lowest BCUT2D eigenvalue weighted by Crippen LogP contribution is -2.41. The van der Waals surface area contributed by atoms with Crippen LogP contribution in [0.4, 0.5) is 5.88 Å². The van der Waals surface area contributed by atoms with Gasteiger partial charge in [-0.25, -0.2) is 0 Å². The topological polar surface area (TPSA) is 95.7 Å². The van der Waals surface area contributed by atoms with Crippen LogP contribution in [0.1, 0.15) is 30.5 Å². The van der Waals surface area contributed by atoms with E-state index in [2.05, 4.69) is 11.1 Å². The Labute approximate surface area is 193 Å². The Morgan fingerprint density at radius 3 is 2.76 bits per heavy atom. The number of aromatic nitrogens is 1. The lowest BCUT2D eigenvalue weighted by Gasteiger charge is -2.33. The summed E-state index contributed by atoms with van der Waals surface area (Å²) < 4.78 is 17.0. The molecule has 3 aromatic rings. The monoisotopic (exact) mass is 448 g/mol. The molecule has 8 heteroatoms. The van der Waals surface area contributed by atoms with Gasteiger partial charge in [0.1, 0.15) is 11.8 Å². The molecule has 2 aromatic heterocycles. The van der Waals surface area contributed by atoms with E-state index in [1.165, 1.54) is 6.26 Å². The number of piperidine rings is 1. The predicted molar refractivity (Wildman–Crippen MR) is 123 cm³/mol. The Bertz CT molecular complexity index is 1110. The molecule has 0 saturated carbocycles. The molecule has 1 amide bonds. The minimum Gasteiger partial charge on any atom is -0.493 e. The maximum Gasteiger partial charge on any atom is 0.266 e. The van der Waals surface area contributed by atoms with Crippen molar-refractivity contribution in [3.05, 3.63) is 53.9 Å². The van der Waals surface area contributed by atoms with Gasteiger partial charge in [0.25, 0.3) is 5.89 Å². The molecule has 1 aliphatic rings. The fraction of sp³-hybridized carbons (Fsp3) is 0.400. The molecule has 1 saturated heterocycles. The Kier molecular flexibility index (Phi) is 6.98. The maximum atomic E-state index is 12.9. The Hall–Kier alpha value is -3.73. The fourth-order valence-electron chi connectivity index (χ4n) is 4.06. The van der Waals surface area contributed by atoms with Gasteiger partial charge in [0.05, 0.1) is 12.9 Å². The van der Waals surface area contributed by atoms with E-state index >= 15 is 0 Å². The second-order valence-corrected chi connectivity index (χ2v) is 8.25. The molecule has 0 radical (unpaired) electrons. The molecule has 3 heterocycles. The van der Waals surface area contributed by atoms with Crippen LogP contribution in [0.25, 0.3) is 11.7 Å². The maximum absolute atomic E-state index is 12.9. The zero-order valence-corrected chi connectivity index (χ0v) is 19.0. The van der Waals surface area contributed by atoms with Crippen LogP contribution in [0.5, 0.6) is 5.75 Å². The summed E-state index contributed by atoms with van der Waals surface area (Å²) >= 11 is 0. The number of amides is 1. The normalized spacial score (nSPS) is 14.2. The summed E-state index contributed by atoms with van der Waals surface area (Å²) in [6, 6.07) is 13.5. The van der Waals surface area contributed by atoms with Crippen LogP contribution < -0.4 is 9.64 Å². The quantitative estimate of drug-likeness (QED) is 0.475. The van der Waals surface area contributed by atoms with Crippen molar-refractivity contribution < 1.29 is 18.4 Å². The number of carbonyl (C=O) groups is 1. The molecule has 0 bridgehead atoms. The van der Waals surface area contributed by atoms with Crippen LogP contribution in [0.2, 0.25) is 0 Å². The van der Waals surface area contributed by atoms with Crippen LogP contribution in [0.3, 0.4) is 0 Å². The van der Waals surface area contributed by atoms with Crippen molar-refractivity contribution in [2.45, 2.75) is 26.2 Å². The van der Waals surface area contributed by atoms with E-state index in [9.17, 15) is 10.1 Å². The van der Waals surface area contributed by atoms with E-state index in [0.717, 1.165) is 17.7 Å². The molecule has 4 rings (SSSR count). The minimum atomic E-state index is -0.0402. The number of nitrogens with zero attached hydrogens (tertiary/aromatic N) is 4. The van der Waals surface area contributed by atoms with E-state index in [-0.39, 0.29) is 23.4 Å². The molecule has 1 aliphatic heterocycles. The molecular formula is C25H28N4O4. The van der Waals surface area contributed by atoms with Crippen molar-refractivity contribution in [3.63, 3.8) is 0 Å². The second kappa shape index (κ2) is 10.3. The van der Waals surface area contributed by atoms with Crippen molar-refractivity contribution in [3.8, 4) is 23.5 Å². The highest BCUT2D eigenvalue weighted by Crippen LogP contribution is 2.31. The van der Waals surface area contributed by atoms with Crippen LogP contribution in [-0.4, -0.2) is 49.1 Å². The second-order valence-electron chi connectivity index (χ2n) is 8.25. The third-order valence-electron chi connectivity index (χ3n) is 5.94. The van der Waals surface area contributed by atoms with Gasteiger partial charge < -0.3 is 23.4 Å². The van der Waals surface area contributed by atoms with E-state index in [1.807, 2.05) is 43.1 Å². The average Bonchev–Trinajstić information content (AvgIpc) is 3.52. The summed E-state index contributed by atoms with van der Waals surface area (Å²) in [6.45, 7) is 4.50. The summed E-state index contributed by atoms with van der Waals surface area (Å²) in [5, 5.41) is 9.46. The van der Waals surface area contributed by atoms with E-state index in [4.69, 9.17) is 13.6 Å². The van der Waals surface area contributed by atoms with Crippen LogP contribution >= 0.6 is 0 Å². The summed E-state index contributed by atoms with van der Waals surface area (Å²) in [6.07, 6.45) is 3.71. The first-order chi connectivity index (χ1) is 16.1. The largest absolute Gasteiger partial charge is 0.493 e. The highest BCUT2D eigenvalue weighted by Gasteiger charge is 2.30. The number of para-hydroxylation sites is 1. The van der Waals surface area contributed by atoms with Gasteiger partial charge in [-0.2, -0.15) is 10.2 Å². The molecule has 1 aromatic carbocycles. The molecule has 0 spiro atoms. The van der Waals surface area contributed by atoms with Crippen LogP contribution in [0, 0.1) is 24.2 Å². The van der Waals surface area contributed by atoms with Crippen molar-refractivity contribution in [1.29, 1.82) is 5.26 Å². The number of rotatable bonds is 8. The first-order valence-corrected chi connectivity index (χ1v) is 11.2. The molecule has 0 aliphatic carbocycles. The van der Waals surface area contributed by atoms with E-state index in [1.54, 1.807) is 17.0 Å². The number of benzene rings is 1. The van der Waals surface area contributed by atoms with Gasteiger partial charge in [0.15, 0.2) is 5.76 Å². The smallest absolute Gasteiger partial charge is 0.266 e. The molecule has 0 N–H and O–H groups in total. The SMILES string of the molecule is Cc1ccccc1OCCCN(C)C(=O)C1CCN(c2oc(-c3ccco3)nc2C#N)CC1. The Morgan fingerprint density at radius 1 is 1.27 bits per heavy atom. The van der Waals surface area contributed by atoms with Crippen LogP contribution in [0.15, 0.2) is 51.5 Å².